The molecule has 0 radical (unpaired) electrons. The predicted octanol–water partition coefficient (Wildman–Crippen LogP) is 3.30. The van der Waals surface area contributed by atoms with E-state index in [1.54, 1.807) is 12.7 Å². The number of nitrogens with one attached hydrogen (secondary N) is 1. The number of methoxy groups -OCH3 is 1. The van der Waals surface area contributed by atoms with Crippen molar-refractivity contribution in [2.24, 2.45) is 0 Å². The molecule has 0 fully saturated rings. The summed E-state index contributed by atoms with van der Waals surface area (Å²) >= 11 is 0. The lowest BCUT2D eigenvalue weighted by molar-refractivity contribution is 0.406. The molecule has 1 aromatic heterocycles. The summed E-state index contributed by atoms with van der Waals surface area (Å²) in [6, 6.07) is 0. The maximum atomic E-state index is 5.43. The molecule has 19 heavy (non-hydrogen) atoms. The summed E-state index contributed by atoms with van der Waals surface area (Å²) in [5.74, 6) is 0.963. The van der Waals surface area contributed by atoms with E-state index in [0.29, 0.717) is 0 Å². The Morgan fingerprint density at radius 3 is 2.89 bits per heavy atom. The second-order valence-corrected chi connectivity index (χ2v) is 5.23. The molecule has 104 valence electrons. The molecule has 0 bridgehead atoms. The summed E-state index contributed by atoms with van der Waals surface area (Å²) in [5, 5.41) is 3.48. The topological polar surface area (TPSA) is 34.1 Å². The number of allylic oxidation sites excluding steroid dienone is 1. The first-order valence-corrected chi connectivity index (χ1v) is 7.10. The summed E-state index contributed by atoms with van der Waals surface area (Å²) in [5.41, 5.74) is 4.94. The molecule has 3 heteroatoms. The van der Waals surface area contributed by atoms with Crippen molar-refractivity contribution in [3.63, 3.8) is 0 Å². The van der Waals surface area contributed by atoms with Crippen LogP contribution in [0.5, 0.6) is 5.75 Å². The van der Waals surface area contributed by atoms with E-state index in [2.05, 4.69) is 23.3 Å². The maximum absolute atomic E-state index is 5.43. The van der Waals surface area contributed by atoms with E-state index < -0.39 is 0 Å². The van der Waals surface area contributed by atoms with Gasteiger partial charge in [-0.05, 0) is 46.1 Å². The van der Waals surface area contributed by atoms with Gasteiger partial charge in [0.1, 0.15) is 5.75 Å². The van der Waals surface area contributed by atoms with Crippen molar-refractivity contribution in [3.8, 4) is 5.75 Å². The van der Waals surface area contributed by atoms with Crippen molar-refractivity contribution >= 4 is 0 Å². The lowest BCUT2D eigenvalue weighted by Gasteiger charge is -2.12. The molecule has 1 heterocycles. The number of ether oxygens (including phenoxy) is 1. The second-order valence-electron chi connectivity index (χ2n) is 5.23. The molecule has 0 aromatic carbocycles. The van der Waals surface area contributed by atoms with Crippen LogP contribution in [-0.4, -0.2) is 18.6 Å². The van der Waals surface area contributed by atoms with Crippen molar-refractivity contribution in [1.29, 1.82) is 0 Å². The van der Waals surface area contributed by atoms with Crippen LogP contribution in [0.25, 0.3) is 0 Å². The van der Waals surface area contributed by atoms with Crippen molar-refractivity contribution in [2.45, 2.75) is 46.1 Å². The second kappa shape index (κ2) is 6.71. The van der Waals surface area contributed by atoms with E-state index in [9.17, 15) is 0 Å². The lowest BCUT2D eigenvalue weighted by Crippen LogP contribution is -2.17. The Morgan fingerprint density at radius 2 is 2.21 bits per heavy atom. The number of rotatable bonds is 6. The maximum Gasteiger partial charge on any atom is 0.128 e. The minimum atomic E-state index is 0.815. The first-order chi connectivity index (χ1) is 9.22. The Bertz CT molecular complexity index is 466. The van der Waals surface area contributed by atoms with Crippen LogP contribution in [0.2, 0.25) is 0 Å². The van der Waals surface area contributed by atoms with Gasteiger partial charge in [0.2, 0.25) is 0 Å². The molecule has 0 aliphatic heterocycles. The van der Waals surface area contributed by atoms with E-state index in [1.165, 1.54) is 25.7 Å². The molecule has 0 atom stereocenters. The first kappa shape index (κ1) is 14.1. The highest BCUT2D eigenvalue weighted by Crippen LogP contribution is 2.24. The Balaban J connectivity index is 1.85. The van der Waals surface area contributed by atoms with Crippen molar-refractivity contribution in [2.75, 3.05) is 13.7 Å². The highest BCUT2D eigenvalue weighted by Gasteiger charge is 2.09. The molecule has 1 N–H and O–H groups in total. The molecule has 2 rings (SSSR count). The zero-order chi connectivity index (χ0) is 13.7. The molecule has 0 saturated carbocycles. The summed E-state index contributed by atoms with van der Waals surface area (Å²) in [7, 11) is 1.72. The highest BCUT2D eigenvalue weighted by atomic mass is 16.5. The molecule has 0 unspecified atom stereocenters. The van der Waals surface area contributed by atoms with Gasteiger partial charge in [-0.3, -0.25) is 4.98 Å². The monoisotopic (exact) mass is 260 g/mol. The number of aromatic nitrogens is 1. The van der Waals surface area contributed by atoms with Crippen LogP contribution in [0.4, 0.5) is 0 Å². The summed E-state index contributed by atoms with van der Waals surface area (Å²) < 4.78 is 5.43. The standard InChI is InChI=1S/C16H24N2O/c1-12-10-18-15(13(2)16(12)19-3)11-17-9-8-14-6-4-5-7-14/h6,10,17H,4-5,7-9,11H2,1-3H3. The quantitative estimate of drug-likeness (QED) is 0.629. The fourth-order valence-electron chi connectivity index (χ4n) is 2.67. The SMILES string of the molecule is COc1c(C)cnc(CNCCC2=CCCC2)c1C. The highest BCUT2D eigenvalue weighted by molar-refractivity contribution is 5.40. The average molecular weight is 260 g/mol. The van der Waals surface area contributed by atoms with Gasteiger partial charge in [0, 0.05) is 23.9 Å². The summed E-state index contributed by atoms with van der Waals surface area (Å²) in [4.78, 5) is 4.50. The van der Waals surface area contributed by atoms with Crippen molar-refractivity contribution < 1.29 is 4.74 Å². The molecule has 0 saturated heterocycles. The zero-order valence-corrected chi connectivity index (χ0v) is 12.3. The van der Waals surface area contributed by atoms with Crippen LogP contribution in [0.15, 0.2) is 17.8 Å². The van der Waals surface area contributed by atoms with Crippen LogP contribution in [0.3, 0.4) is 0 Å². The van der Waals surface area contributed by atoms with Gasteiger partial charge in [0.25, 0.3) is 0 Å². The average Bonchev–Trinajstić information content (AvgIpc) is 2.90. The van der Waals surface area contributed by atoms with Crippen LogP contribution in [-0.2, 0) is 6.54 Å². The Hall–Kier alpha value is -1.35. The Morgan fingerprint density at radius 1 is 1.37 bits per heavy atom. The molecule has 0 spiro atoms. The van der Waals surface area contributed by atoms with Gasteiger partial charge in [-0.2, -0.15) is 0 Å². The predicted molar refractivity (Wildman–Crippen MR) is 78.5 cm³/mol. The molecule has 1 aliphatic rings. The molecule has 3 nitrogen and oxygen atoms in total. The largest absolute Gasteiger partial charge is 0.496 e. The van der Waals surface area contributed by atoms with Gasteiger partial charge < -0.3 is 10.1 Å². The van der Waals surface area contributed by atoms with Gasteiger partial charge in [0.15, 0.2) is 0 Å². The smallest absolute Gasteiger partial charge is 0.128 e. The molecule has 0 amide bonds. The van der Waals surface area contributed by atoms with Crippen LogP contribution >= 0.6 is 0 Å². The van der Waals surface area contributed by atoms with E-state index >= 15 is 0 Å². The third kappa shape index (κ3) is 3.57. The van der Waals surface area contributed by atoms with Crippen molar-refractivity contribution in [1.82, 2.24) is 10.3 Å². The van der Waals surface area contributed by atoms with Gasteiger partial charge >= 0.3 is 0 Å². The van der Waals surface area contributed by atoms with Crippen LogP contribution < -0.4 is 10.1 Å². The van der Waals surface area contributed by atoms with E-state index in [-0.39, 0.29) is 0 Å². The molecule has 1 aliphatic carbocycles. The third-order valence-corrected chi connectivity index (χ3v) is 3.80. The lowest BCUT2D eigenvalue weighted by atomic mass is 10.1. The van der Waals surface area contributed by atoms with Gasteiger partial charge in [-0.15, -0.1) is 0 Å². The van der Waals surface area contributed by atoms with E-state index in [4.69, 9.17) is 4.74 Å². The number of aryl methyl sites for hydroxylation is 1. The van der Waals surface area contributed by atoms with E-state index in [0.717, 1.165) is 35.7 Å². The number of hydrogen-bond acceptors (Lipinski definition) is 3. The minimum absolute atomic E-state index is 0.815. The molecular formula is C16H24N2O. The molecular weight excluding hydrogens is 236 g/mol. The van der Waals surface area contributed by atoms with Gasteiger partial charge in [-0.1, -0.05) is 11.6 Å². The van der Waals surface area contributed by atoms with E-state index in [1.807, 2.05) is 13.1 Å². The van der Waals surface area contributed by atoms with Crippen LogP contribution in [0, 0.1) is 13.8 Å². The normalized spacial score (nSPS) is 14.6. The molecule has 1 aromatic rings. The minimum Gasteiger partial charge on any atom is -0.496 e. The van der Waals surface area contributed by atoms with Gasteiger partial charge in [-0.25, -0.2) is 0 Å². The Kier molecular flexibility index (Phi) is 4.97. The van der Waals surface area contributed by atoms with Crippen LogP contribution in [0.1, 0.15) is 42.5 Å². The fourth-order valence-corrected chi connectivity index (χ4v) is 2.67. The Labute approximate surface area is 116 Å². The first-order valence-electron chi connectivity index (χ1n) is 7.10. The number of pyridine rings is 1. The fraction of sp³-hybridized carbons (Fsp3) is 0.562. The zero-order valence-electron chi connectivity index (χ0n) is 12.3. The summed E-state index contributed by atoms with van der Waals surface area (Å²) in [6.07, 6.45) is 9.35. The summed E-state index contributed by atoms with van der Waals surface area (Å²) in [6.45, 7) is 5.96. The number of hydrogen-bond donors (Lipinski definition) is 1. The number of nitrogens with zero attached hydrogens (tertiary/aromatic N) is 1. The third-order valence-electron chi connectivity index (χ3n) is 3.80. The van der Waals surface area contributed by atoms with Crippen molar-refractivity contribution in [3.05, 3.63) is 34.7 Å². The van der Waals surface area contributed by atoms with Gasteiger partial charge in [0.05, 0.1) is 12.8 Å².